The molecule has 4 saturated carbocycles. The molecule has 3 aromatic carbocycles. The summed E-state index contributed by atoms with van der Waals surface area (Å²) in [6.07, 6.45) is 4.18. The molecule has 4 aliphatic carbocycles. The average molecular weight is 508 g/mol. The molecule has 5 heteroatoms. The molecule has 4 bridgehead atoms. The minimum atomic E-state index is -2.98. The number of hydrogen-bond donors (Lipinski definition) is 0. The molecule has 0 heterocycles. The topological polar surface area (TPSA) is 26.3 Å². The molecule has 0 amide bonds. The Morgan fingerprint density at radius 2 is 1.08 bits per heavy atom. The second-order valence-corrected chi connectivity index (χ2v) is 12.6. The van der Waals surface area contributed by atoms with Gasteiger partial charge in [-0.3, -0.25) is 0 Å². The fourth-order valence-electron chi connectivity index (χ4n) is 6.83. The summed E-state index contributed by atoms with van der Waals surface area (Å²) in [6, 6.07) is 32.2. The van der Waals surface area contributed by atoms with Crippen molar-refractivity contribution in [2.24, 2.45) is 23.2 Å². The Hall–Kier alpha value is -2.66. The maximum absolute atomic E-state index is 12.1. The quantitative estimate of drug-likeness (QED) is 0.251. The van der Waals surface area contributed by atoms with E-state index in [1.165, 1.54) is 33.9 Å². The molecule has 0 unspecified atom stereocenters. The Bertz CT molecular complexity index is 992. The number of esters is 1. The van der Waals surface area contributed by atoms with Gasteiger partial charge in [-0.2, -0.15) is 8.78 Å². The minimum Gasteiger partial charge on any atom is -0.461 e. The summed E-state index contributed by atoms with van der Waals surface area (Å²) in [6.45, 7) is 0.222. The molecular weight excluding hydrogens is 474 g/mol. The van der Waals surface area contributed by atoms with Crippen LogP contribution >= 0.6 is 0 Å². The molecule has 0 radical (unpaired) electrons. The first-order chi connectivity index (χ1) is 17.5. The number of rotatable bonds is 6. The predicted octanol–water partition coefficient (Wildman–Crippen LogP) is 7.79. The third kappa shape index (κ3) is 5.83. The Morgan fingerprint density at radius 1 is 0.722 bits per heavy atom. The van der Waals surface area contributed by atoms with Crippen molar-refractivity contribution < 1.29 is 18.3 Å². The molecule has 0 aliphatic heterocycles. The second-order valence-electron chi connectivity index (χ2n) is 10.6. The summed E-state index contributed by atoms with van der Waals surface area (Å²) in [5.74, 6) is 0.922. The minimum absolute atomic E-state index is 0.0146. The van der Waals surface area contributed by atoms with E-state index in [2.05, 4.69) is 91.0 Å². The Kier molecular flexibility index (Phi) is 7.76. The van der Waals surface area contributed by atoms with Gasteiger partial charge in [-0.15, -0.1) is 0 Å². The number of carbonyl (C=O) groups is 1. The second kappa shape index (κ2) is 11.2. The number of benzene rings is 3. The van der Waals surface area contributed by atoms with Crippen LogP contribution in [0.4, 0.5) is 8.78 Å². The first-order valence-corrected chi connectivity index (χ1v) is 14.1. The van der Waals surface area contributed by atoms with Crippen LogP contribution in [0.25, 0.3) is 0 Å². The van der Waals surface area contributed by atoms with Crippen LogP contribution in [0.3, 0.4) is 0 Å². The molecule has 0 saturated heterocycles. The summed E-state index contributed by atoms with van der Waals surface area (Å²) in [7, 11) is -0.0146. The van der Waals surface area contributed by atoms with Crippen molar-refractivity contribution in [1.29, 1.82) is 0 Å². The molecule has 36 heavy (non-hydrogen) atoms. The number of hydrogen-bond acceptors (Lipinski definition) is 2. The van der Waals surface area contributed by atoms with Crippen molar-refractivity contribution in [3.05, 3.63) is 91.0 Å². The summed E-state index contributed by atoms with van der Waals surface area (Å²) < 4.78 is 29.0. The number of halogens is 2. The van der Waals surface area contributed by atoms with E-state index in [0.29, 0.717) is 0 Å². The lowest BCUT2D eigenvalue weighted by Gasteiger charge is -2.56. The van der Waals surface area contributed by atoms with Gasteiger partial charge in [0.2, 0.25) is 0 Å². The van der Waals surface area contributed by atoms with Gasteiger partial charge < -0.3 is 4.74 Å². The van der Waals surface area contributed by atoms with Crippen molar-refractivity contribution in [3.63, 3.8) is 0 Å². The smallest absolute Gasteiger partial charge is 0.373 e. The van der Waals surface area contributed by atoms with Crippen molar-refractivity contribution in [2.75, 3.05) is 6.61 Å². The van der Waals surface area contributed by atoms with Crippen molar-refractivity contribution >= 4 is 16.9 Å². The SMILES string of the molecule is O=C(OCC12CC3CC(CC(C3)C1)C2)C(F)F.c1ccc([S+](c2ccccc2)c2ccccc2)cc1. The highest BCUT2D eigenvalue weighted by Crippen LogP contribution is 2.60. The molecule has 4 aliphatic rings. The molecule has 0 atom stereocenters. The van der Waals surface area contributed by atoms with Crippen LogP contribution in [0.1, 0.15) is 38.5 Å². The van der Waals surface area contributed by atoms with Crippen LogP contribution in [-0.4, -0.2) is 19.0 Å². The Balaban J connectivity index is 0.000000149. The zero-order valence-corrected chi connectivity index (χ0v) is 21.2. The highest BCUT2D eigenvalue weighted by atomic mass is 32.2. The van der Waals surface area contributed by atoms with Gasteiger partial charge >= 0.3 is 12.4 Å². The standard InChI is InChI=1S/C18H15S.C13H18F2O2/c1-4-10-16(11-5-1)19(17-12-6-2-7-13-17)18-14-8-3-9-15-18;14-11(15)12(16)17-7-13-4-8-1-9(5-13)3-10(2-8)6-13/h1-15H;8-11H,1-7H2/q+1;. The van der Waals surface area contributed by atoms with E-state index < -0.39 is 12.4 Å². The predicted molar refractivity (Wildman–Crippen MR) is 139 cm³/mol. The molecule has 188 valence electrons. The van der Waals surface area contributed by atoms with Crippen molar-refractivity contribution in [1.82, 2.24) is 0 Å². The maximum Gasteiger partial charge on any atom is 0.373 e. The van der Waals surface area contributed by atoms with Crippen LogP contribution in [0.5, 0.6) is 0 Å². The van der Waals surface area contributed by atoms with Crippen LogP contribution in [0, 0.1) is 23.2 Å². The maximum atomic E-state index is 12.1. The third-order valence-electron chi connectivity index (χ3n) is 7.80. The van der Waals surface area contributed by atoms with Gasteiger partial charge in [0.1, 0.15) is 0 Å². The largest absolute Gasteiger partial charge is 0.461 e. The number of alkyl halides is 2. The summed E-state index contributed by atoms with van der Waals surface area (Å²) in [5, 5.41) is 0. The van der Waals surface area contributed by atoms with E-state index >= 15 is 0 Å². The Labute approximate surface area is 215 Å². The van der Waals surface area contributed by atoms with Gasteiger partial charge in [-0.1, -0.05) is 54.6 Å². The first-order valence-electron chi connectivity index (χ1n) is 12.9. The first kappa shape index (κ1) is 25.0. The van der Waals surface area contributed by atoms with Crippen LogP contribution in [0.15, 0.2) is 106 Å². The monoisotopic (exact) mass is 507 g/mol. The van der Waals surface area contributed by atoms with Gasteiger partial charge in [-0.05, 0) is 92.7 Å². The highest BCUT2D eigenvalue weighted by molar-refractivity contribution is 7.97. The molecule has 0 N–H and O–H groups in total. The van der Waals surface area contributed by atoms with Gasteiger partial charge in [0.05, 0.1) is 17.5 Å². The van der Waals surface area contributed by atoms with Crippen LogP contribution < -0.4 is 0 Å². The highest BCUT2D eigenvalue weighted by Gasteiger charge is 2.51. The molecule has 0 aromatic heterocycles. The molecule has 7 rings (SSSR count). The number of ether oxygens (including phenoxy) is 1. The van der Waals surface area contributed by atoms with E-state index in [1.54, 1.807) is 0 Å². The van der Waals surface area contributed by atoms with Crippen molar-refractivity contribution in [2.45, 2.75) is 59.6 Å². The molecule has 2 nitrogen and oxygen atoms in total. The van der Waals surface area contributed by atoms with Gasteiger partial charge in [0.25, 0.3) is 0 Å². The average Bonchev–Trinajstić information content (AvgIpc) is 2.89. The number of carbonyl (C=O) groups excluding carboxylic acids is 1. The van der Waals surface area contributed by atoms with Gasteiger partial charge in [0, 0.05) is 5.41 Å². The normalized spacial score (nSPS) is 25.9. The lowest BCUT2D eigenvalue weighted by atomic mass is 9.50. The fraction of sp³-hybridized carbons (Fsp3) is 0.387. The Morgan fingerprint density at radius 3 is 1.42 bits per heavy atom. The van der Waals surface area contributed by atoms with E-state index in [0.717, 1.165) is 37.0 Å². The van der Waals surface area contributed by atoms with Gasteiger partial charge in [0.15, 0.2) is 14.7 Å². The summed E-state index contributed by atoms with van der Waals surface area (Å²) >= 11 is 0. The van der Waals surface area contributed by atoms with Crippen LogP contribution in [0.2, 0.25) is 0 Å². The molecule has 0 spiro atoms. The summed E-state index contributed by atoms with van der Waals surface area (Å²) in [5.41, 5.74) is 0.0410. The van der Waals surface area contributed by atoms with Crippen molar-refractivity contribution in [3.8, 4) is 0 Å². The lowest BCUT2D eigenvalue weighted by molar-refractivity contribution is -0.167. The zero-order chi connectivity index (χ0) is 25.0. The molecule has 4 fully saturated rings. The third-order valence-corrected chi connectivity index (χ3v) is 10.0. The molecular formula is C31H33F2O2S+. The molecule has 3 aromatic rings. The fourth-order valence-corrected chi connectivity index (χ4v) is 8.94. The van der Waals surface area contributed by atoms with E-state index in [1.807, 2.05) is 0 Å². The van der Waals surface area contributed by atoms with E-state index in [-0.39, 0.29) is 22.9 Å². The van der Waals surface area contributed by atoms with Crippen LogP contribution in [-0.2, 0) is 20.4 Å². The van der Waals surface area contributed by atoms with E-state index in [4.69, 9.17) is 4.74 Å². The lowest BCUT2D eigenvalue weighted by Crippen LogP contribution is -2.48. The summed E-state index contributed by atoms with van der Waals surface area (Å²) in [4.78, 5) is 14.9. The van der Waals surface area contributed by atoms with Gasteiger partial charge in [-0.25, -0.2) is 4.79 Å². The zero-order valence-electron chi connectivity index (χ0n) is 20.4. The van der Waals surface area contributed by atoms with E-state index in [9.17, 15) is 13.6 Å².